The number of para-hydroxylation sites is 1. The van der Waals surface area contributed by atoms with E-state index in [1.807, 2.05) is 97.1 Å². The van der Waals surface area contributed by atoms with Crippen molar-refractivity contribution in [3.05, 3.63) is 148 Å². The number of benzene rings is 4. The molecule has 1 aliphatic heterocycles. The van der Waals surface area contributed by atoms with E-state index in [0.29, 0.717) is 17.2 Å². The first kappa shape index (κ1) is 48.4. The maximum atomic E-state index is 15.4. The summed E-state index contributed by atoms with van der Waals surface area (Å²) in [7, 11) is 0.581. The number of rotatable bonds is 14. The highest BCUT2D eigenvalue weighted by Gasteiger charge is 2.68. The number of esters is 1. The molecule has 9 rings (SSSR count). The van der Waals surface area contributed by atoms with Gasteiger partial charge in [0, 0.05) is 22.1 Å². The van der Waals surface area contributed by atoms with Crippen molar-refractivity contribution in [2.24, 2.45) is 22.4 Å². The minimum Gasteiger partial charge on any atom is -0.496 e. The van der Waals surface area contributed by atoms with E-state index in [-0.39, 0.29) is 46.0 Å². The number of hydrogen-bond acceptors (Lipinski definition) is 12. The molecule has 4 aliphatic rings. The largest absolute Gasteiger partial charge is 0.496 e. The molecule has 1 aromatic heterocycles. The number of methoxy groups -OCH3 is 1. The molecule has 4 aromatic carbocycles. The summed E-state index contributed by atoms with van der Waals surface area (Å²) in [6.07, 6.45) is 1.06. The van der Waals surface area contributed by atoms with Crippen molar-refractivity contribution in [1.29, 1.82) is 0 Å². The molecule has 3 aliphatic carbocycles. The number of amides is 2. The van der Waals surface area contributed by atoms with Gasteiger partial charge >= 0.3 is 19.2 Å². The number of nitrogens with one attached hydrogen (secondary N) is 2. The summed E-state index contributed by atoms with van der Waals surface area (Å²) in [5, 5.41) is 12.5. The second-order valence-electron chi connectivity index (χ2n) is 20.6. The summed E-state index contributed by atoms with van der Waals surface area (Å²) in [6.45, 7) is 17.4. The fraction of sp³-hybridized carbons (Fsp3) is 0.415. The molecule has 13 nitrogen and oxygen atoms in total. The maximum absolute atomic E-state index is 15.4. The van der Waals surface area contributed by atoms with Crippen LogP contribution in [0.25, 0.3) is 0 Å². The molecule has 0 radical (unpaired) electrons. The highest BCUT2D eigenvalue weighted by atomic mass is 32.1. The van der Waals surface area contributed by atoms with E-state index in [2.05, 4.69) is 31.4 Å². The van der Waals surface area contributed by atoms with E-state index in [1.165, 1.54) is 7.11 Å². The van der Waals surface area contributed by atoms with Crippen molar-refractivity contribution in [3.8, 4) is 5.75 Å². The molecular formula is C53H61BN4O9S. The molecule has 2 bridgehead atoms. The van der Waals surface area contributed by atoms with Gasteiger partial charge in [-0.05, 0) is 96.6 Å². The average Bonchev–Trinajstić information content (AvgIpc) is 3.90. The number of thiazole rings is 1. The van der Waals surface area contributed by atoms with Gasteiger partial charge in [0.25, 0.3) is 5.91 Å². The summed E-state index contributed by atoms with van der Waals surface area (Å²) >= 11 is 1.10. The van der Waals surface area contributed by atoms with Crippen LogP contribution in [0.15, 0.2) is 120 Å². The number of nitrogens with zero attached hydrogens (tertiary/aromatic N) is 2. The van der Waals surface area contributed by atoms with E-state index >= 15 is 4.79 Å². The second kappa shape index (κ2) is 18.8. The summed E-state index contributed by atoms with van der Waals surface area (Å²) in [5.41, 5.74) is -0.373. The second-order valence-corrected chi connectivity index (χ2v) is 21.5. The normalized spacial score (nSPS) is 21.4. The topological polar surface area (TPSA) is 156 Å². The average molecular weight is 941 g/mol. The highest BCUT2D eigenvalue weighted by molar-refractivity contribution is 7.14. The van der Waals surface area contributed by atoms with Crippen molar-refractivity contribution in [2.75, 3.05) is 12.4 Å². The summed E-state index contributed by atoms with van der Waals surface area (Å²) in [6, 6.07) is 34.3. The predicted octanol–water partition coefficient (Wildman–Crippen LogP) is 10.2. The Balaban J connectivity index is 1.23. The number of carbonyl (C=O) groups is 3. The number of anilines is 1. The van der Waals surface area contributed by atoms with Crippen molar-refractivity contribution in [2.45, 2.75) is 116 Å². The zero-order valence-electron chi connectivity index (χ0n) is 40.5. The van der Waals surface area contributed by atoms with E-state index in [9.17, 15) is 9.59 Å². The number of ether oxygens (including phenoxy) is 3. The number of carbonyl (C=O) groups excluding carboxylic acids is 3. The number of hydrogen-bond donors (Lipinski definition) is 2. The Hall–Kier alpha value is -6.03. The van der Waals surface area contributed by atoms with Gasteiger partial charge in [0.1, 0.15) is 28.2 Å². The minimum atomic E-state index is -1.35. The first-order valence-electron chi connectivity index (χ1n) is 23.1. The predicted molar refractivity (Wildman–Crippen MR) is 263 cm³/mol. The van der Waals surface area contributed by atoms with E-state index in [0.717, 1.165) is 40.9 Å². The Kier molecular flexibility index (Phi) is 13.4. The summed E-state index contributed by atoms with van der Waals surface area (Å²) < 4.78 is 31.1. The van der Waals surface area contributed by atoms with Crippen molar-refractivity contribution in [1.82, 2.24) is 10.3 Å². The third-order valence-electron chi connectivity index (χ3n) is 13.4. The number of oxime groups is 1. The third-order valence-corrected chi connectivity index (χ3v) is 14.1. The Morgan fingerprint density at radius 2 is 1.41 bits per heavy atom. The fourth-order valence-corrected chi connectivity index (χ4v) is 10.7. The van der Waals surface area contributed by atoms with Gasteiger partial charge in [-0.3, -0.25) is 10.1 Å². The van der Waals surface area contributed by atoms with Crippen LogP contribution in [-0.4, -0.2) is 71.7 Å². The Labute approximate surface area is 403 Å². The summed E-state index contributed by atoms with van der Waals surface area (Å²) in [4.78, 5) is 53.6. The molecule has 2 N–H and O–H groups in total. The molecule has 2 heterocycles. The van der Waals surface area contributed by atoms with Crippen molar-refractivity contribution in [3.63, 3.8) is 0 Å². The van der Waals surface area contributed by atoms with Gasteiger partial charge in [0.2, 0.25) is 5.60 Å². The molecule has 15 heteroatoms. The zero-order chi connectivity index (χ0) is 48.6. The van der Waals surface area contributed by atoms with Crippen LogP contribution in [0.2, 0.25) is 0 Å². The van der Waals surface area contributed by atoms with Gasteiger partial charge < -0.3 is 33.7 Å². The van der Waals surface area contributed by atoms with Crippen LogP contribution in [-0.2, 0) is 40.4 Å². The lowest BCUT2D eigenvalue weighted by Crippen LogP contribution is -2.65. The standard InChI is InChI=1S/C53H61BN4O9S/c1-49(2,3)63-46(60)38-28-20-21-33(44(38)62-10)29-42(54-65-41-31-37-30-40(51(37,7)8)52(41,9)66-54)56-45(59)43(39-32-68-47(55-39)57-48(61)64-50(4,5)6)58-67-53(34-22-14-11-15-23-34,35-24-16-12-17-25-35)36-26-18-13-19-27-36/h11-28,32,37,40-42H,29-31H2,1-10H3,(H,56,59)(H,55,57,61)/b58-43-. The van der Waals surface area contributed by atoms with Crippen LogP contribution >= 0.6 is 11.3 Å². The summed E-state index contributed by atoms with van der Waals surface area (Å²) in [5.74, 6) is -1.04. The van der Waals surface area contributed by atoms with Crippen LogP contribution in [0.4, 0.5) is 9.93 Å². The maximum Gasteiger partial charge on any atom is 0.482 e. The van der Waals surface area contributed by atoms with E-state index in [1.54, 1.807) is 59.1 Å². The lowest BCUT2D eigenvalue weighted by Gasteiger charge is -2.64. The Bertz CT molecular complexity index is 2550. The molecule has 5 atom stereocenters. The number of aromatic nitrogens is 1. The smallest absolute Gasteiger partial charge is 0.482 e. The van der Waals surface area contributed by atoms with Gasteiger partial charge in [0.15, 0.2) is 10.8 Å². The van der Waals surface area contributed by atoms with E-state index < -0.39 is 53.4 Å². The highest BCUT2D eigenvalue weighted by Crippen LogP contribution is 2.65. The molecule has 3 saturated carbocycles. The van der Waals surface area contributed by atoms with Crippen LogP contribution in [0.3, 0.4) is 0 Å². The zero-order valence-corrected chi connectivity index (χ0v) is 41.3. The molecule has 2 amide bonds. The SMILES string of the molecule is COc1c(CC(NC(=O)/C(=N\OC(c2ccccc2)(c2ccccc2)c2ccccc2)c2csc(NC(=O)OC(C)(C)C)n2)B2OC3CC4CC(C4(C)C)C3(C)O2)cccc1C(=O)OC(C)(C)C. The lowest BCUT2D eigenvalue weighted by molar-refractivity contribution is -0.199. The molecule has 356 valence electrons. The third kappa shape index (κ3) is 9.79. The molecule has 4 fully saturated rings. The first-order chi connectivity index (χ1) is 32.2. The molecule has 68 heavy (non-hydrogen) atoms. The fourth-order valence-electron chi connectivity index (χ4n) is 10.1. The molecule has 0 spiro atoms. The quantitative estimate of drug-likeness (QED) is 0.0361. The molecule has 1 saturated heterocycles. The van der Waals surface area contributed by atoms with Crippen LogP contribution in [0.5, 0.6) is 5.75 Å². The Morgan fingerprint density at radius 3 is 1.96 bits per heavy atom. The molecular weight excluding hydrogens is 879 g/mol. The molecule has 5 aromatic rings. The van der Waals surface area contributed by atoms with Crippen LogP contribution in [0, 0.1) is 17.3 Å². The van der Waals surface area contributed by atoms with E-state index in [4.69, 9.17) is 38.5 Å². The van der Waals surface area contributed by atoms with Gasteiger partial charge in [-0.1, -0.05) is 122 Å². The lowest BCUT2D eigenvalue weighted by atomic mass is 9.43. The first-order valence-corrected chi connectivity index (χ1v) is 24.0. The van der Waals surface area contributed by atoms with Crippen LogP contribution in [0.1, 0.15) is 113 Å². The van der Waals surface area contributed by atoms with Gasteiger partial charge in [-0.2, -0.15) is 0 Å². The monoisotopic (exact) mass is 940 g/mol. The van der Waals surface area contributed by atoms with Crippen LogP contribution < -0.4 is 15.4 Å². The Morgan fingerprint density at radius 1 is 0.824 bits per heavy atom. The van der Waals surface area contributed by atoms with Gasteiger partial charge in [0.05, 0.1) is 24.8 Å². The van der Waals surface area contributed by atoms with Gasteiger partial charge in [-0.15, -0.1) is 11.3 Å². The molecule has 5 unspecified atom stereocenters. The van der Waals surface area contributed by atoms with Crippen molar-refractivity contribution >= 4 is 47.3 Å². The minimum absolute atomic E-state index is 0.0583. The van der Waals surface area contributed by atoms with Gasteiger partial charge in [-0.25, -0.2) is 14.6 Å². The van der Waals surface area contributed by atoms with Crippen molar-refractivity contribution < 1.29 is 42.7 Å².